The van der Waals surface area contributed by atoms with Gasteiger partial charge in [-0.2, -0.15) is 13.9 Å². The molecule has 0 radical (unpaired) electrons. The lowest BCUT2D eigenvalue weighted by atomic mass is 10.1. The lowest BCUT2D eigenvalue weighted by Gasteiger charge is -2.13. The lowest BCUT2D eigenvalue weighted by Crippen LogP contribution is -2.21. The smallest absolute Gasteiger partial charge is 0.387 e. The van der Waals surface area contributed by atoms with Crippen molar-refractivity contribution >= 4 is 22.0 Å². The summed E-state index contributed by atoms with van der Waals surface area (Å²) in [6.07, 6.45) is 1.65. The van der Waals surface area contributed by atoms with Crippen molar-refractivity contribution in [3.63, 3.8) is 0 Å². The maximum atomic E-state index is 12.6. The van der Waals surface area contributed by atoms with Crippen molar-refractivity contribution in [3.8, 4) is 11.5 Å². The molecular weight excluding hydrogens is 370 g/mol. The maximum absolute atomic E-state index is 12.6. The number of hydrogen-bond donors (Lipinski definition) is 1. The fraction of sp³-hybridized carbons (Fsp3) is 0.500. The van der Waals surface area contributed by atoms with Crippen LogP contribution in [-0.4, -0.2) is 45.3 Å². The van der Waals surface area contributed by atoms with E-state index in [-0.39, 0.29) is 47.5 Å². The minimum absolute atomic E-state index is 0.00703. The molecule has 0 aromatic heterocycles. The Labute approximate surface area is 150 Å². The standard InChI is InChI=1S/C16H20F2N2O5S/c1-2-24-13-5-3-4-12(15(13)25-16(17)18)9-19-20-14(21)8-11-6-7-26(22,23)10-11/h3-5,9,11,16H,2,6-8,10H2,1H3,(H,20,21)/b19-9-/t11-/m0/s1. The molecule has 144 valence electrons. The van der Waals surface area contributed by atoms with Gasteiger partial charge in [0.25, 0.3) is 0 Å². The molecule has 0 spiro atoms. The molecule has 1 aliphatic heterocycles. The van der Waals surface area contributed by atoms with E-state index in [0.29, 0.717) is 6.42 Å². The number of carbonyl (C=O) groups is 1. The van der Waals surface area contributed by atoms with E-state index in [1.165, 1.54) is 18.3 Å². The van der Waals surface area contributed by atoms with Crippen LogP contribution in [0.1, 0.15) is 25.3 Å². The van der Waals surface area contributed by atoms with Crippen LogP contribution in [0.15, 0.2) is 23.3 Å². The van der Waals surface area contributed by atoms with Crippen molar-refractivity contribution in [2.45, 2.75) is 26.4 Å². The molecule has 1 N–H and O–H groups in total. The largest absolute Gasteiger partial charge is 0.490 e. The predicted molar refractivity (Wildman–Crippen MR) is 91.4 cm³/mol. The number of benzene rings is 1. The van der Waals surface area contributed by atoms with E-state index in [0.717, 1.165) is 0 Å². The van der Waals surface area contributed by atoms with Gasteiger partial charge in [-0.05, 0) is 31.4 Å². The van der Waals surface area contributed by atoms with Crippen LogP contribution in [0, 0.1) is 5.92 Å². The Morgan fingerprint density at radius 1 is 1.46 bits per heavy atom. The number of rotatable bonds is 8. The van der Waals surface area contributed by atoms with Crippen molar-refractivity contribution in [1.82, 2.24) is 5.43 Å². The van der Waals surface area contributed by atoms with Crippen molar-refractivity contribution in [1.29, 1.82) is 0 Å². The summed E-state index contributed by atoms with van der Waals surface area (Å²) in [7, 11) is -3.05. The van der Waals surface area contributed by atoms with Crippen molar-refractivity contribution in [3.05, 3.63) is 23.8 Å². The fourth-order valence-corrected chi connectivity index (χ4v) is 4.50. The number of nitrogens with zero attached hydrogens (tertiary/aromatic N) is 1. The highest BCUT2D eigenvalue weighted by atomic mass is 32.2. The van der Waals surface area contributed by atoms with Crippen LogP contribution < -0.4 is 14.9 Å². The van der Waals surface area contributed by atoms with E-state index >= 15 is 0 Å². The molecule has 1 fully saturated rings. The molecule has 1 atom stereocenters. The fourth-order valence-electron chi connectivity index (χ4n) is 2.63. The van der Waals surface area contributed by atoms with E-state index in [9.17, 15) is 22.0 Å². The number of alkyl halides is 2. The van der Waals surface area contributed by atoms with Gasteiger partial charge in [0.2, 0.25) is 5.91 Å². The van der Waals surface area contributed by atoms with Crippen molar-refractivity contribution < 1.29 is 31.5 Å². The zero-order valence-corrected chi connectivity index (χ0v) is 15.0. The highest BCUT2D eigenvalue weighted by Crippen LogP contribution is 2.31. The number of hydrazone groups is 1. The number of hydrogen-bond acceptors (Lipinski definition) is 6. The first-order valence-corrected chi connectivity index (χ1v) is 9.86. The Bertz CT molecular complexity index is 768. The van der Waals surface area contributed by atoms with Crippen LogP contribution in [0.2, 0.25) is 0 Å². The highest BCUT2D eigenvalue weighted by molar-refractivity contribution is 7.91. The molecule has 0 bridgehead atoms. The highest BCUT2D eigenvalue weighted by Gasteiger charge is 2.29. The summed E-state index contributed by atoms with van der Waals surface area (Å²) >= 11 is 0. The second-order valence-electron chi connectivity index (χ2n) is 5.75. The van der Waals surface area contributed by atoms with Crippen LogP contribution >= 0.6 is 0 Å². The van der Waals surface area contributed by atoms with Crippen molar-refractivity contribution in [2.75, 3.05) is 18.1 Å². The summed E-state index contributed by atoms with van der Waals surface area (Å²) in [5, 5.41) is 3.73. The third-order valence-electron chi connectivity index (χ3n) is 3.71. The summed E-state index contributed by atoms with van der Waals surface area (Å²) in [6.45, 7) is -1.07. The van der Waals surface area contributed by atoms with Crippen LogP contribution in [0.5, 0.6) is 11.5 Å². The first kappa shape index (κ1) is 20.1. The van der Waals surface area contributed by atoms with E-state index in [2.05, 4.69) is 15.3 Å². The van der Waals surface area contributed by atoms with Gasteiger partial charge in [-0.3, -0.25) is 4.79 Å². The van der Waals surface area contributed by atoms with E-state index in [1.807, 2.05) is 0 Å². The summed E-state index contributed by atoms with van der Waals surface area (Å²) in [5.74, 6) is -0.627. The van der Waals surface area contributed by atoms with Gasteiger partial charge in [-0.1, -0.05) is 6.07 Å². The van der Waals surface area contributed by atoms with Gasteiger partial charge < -0.3 is 9.47 Å². The quantitative estimate of drug-likeness (QED) is 0.541. The minimum Gasteiger partial charge on any atom is -0.490 e. The molecule has 1 aliphatic rings. The topological polar surface area (TPSA) is 94.1 Å². The summed E-state index contributed by atoms with van der Waals surface area (Å²) in [5.41, 5.74) is 2.48. The molecular formula is C16H20F2N2O5S. The van der Waals surface area contributed by atoms with Gasteiger partial charge in [-0.25, -0.2) is 13.8 Å². The zero-order chi connectivity index (χ0) is 19.2. The van der Waals surface area contributed by atoms with Gasteiger partial charge in [0.1, 0.15) is 0 Å². The second-order valence-corrected chi connectivity index (χ2v) is 7.98. The summed E-state index contributed by atoms with van der Waals surface area (Å²) in [4.78, 5) is 11.8. The van der Waals surface area contributed by atoms with E-state index in [4.69, 9.17) is 4.74 Å². The van der Waals surface area contributed by atoms with Crippen molar-refractivity contribution in [2.24, 2.45) is 11.0 Å². The average molecular weight is 390 g/mol. The molecule has 0 aliphatic carbocycles. The first-order chi connectivity index (χ1) is 12.3. The predicted octanol–water partition coefficient (Wildman–Crippen LogP) is 1.96. The molecule has 1 heterocycles. The molecule has 0 unspecified atom stereocenters. The number of para-hydroxylation sites is 1. The Kier molecular flexibility index (Phi) is 6.90. The number of nitrogens with one attached hydrogen (secondary N) is 1. The number of ether oxygens (including phenoxy) is 2. The molecule has 0 saturated carbocycles. The van der Waals surface area contributed by atoms with Gasteiger partial charge >= 0.3 is 6.61 Å². The molecule has 10 heteroatoms. The van der Waals surface area contributed by atoms with E-state index < -0.39 is 22.4 Å². The van der Waals surface area contributed by atoms with Gasteiger partial charge in [0.15, 0.2) is 21.3 Å². The van der Waals surface area contributed by atoms with Crippen LogP contribution in [0.3, 0.4) is 0 Å². The Morgan fingerprint density at radius 2 is 2.23 bits per heavy atom. The molecule has 2 rings (SSSR count). The average Bonchev–Trinajstić information content (AvgIpc) is 2.88. The first-order valence-electron chi connectivity index (χ1n) is 8.03. The zero-order valence-electron chi connectivity index (χ0n) is 14.2. The number of sulfone groups is 1. The Balaban J connectivity index is 2.00. The van der Waals surface area contributed by atoms with Crippen LogP contribution in [0.4, 0.5) is 8.78 Å². The molecule has 7 nitrogen and oxygen atoms in total. The SMILES string of the molecule is CCOc1cccc(/C=N\NC(=O)C[C@@H]2CCS(=O)(=O)C2)c1OC(F)F. The summed E-state index contributed by atoms with van der Waals surface area (Å²) < 4.78 is 57.7. The minimum atomic E-state index is -3.05. The number of halogens is 2. The molecule has 1 amide bonds. The van der Waals surface area contributed by atoms with Gasteiger partial charge in [0, 0.05) is 12.0 Å². The second kappa shape index (κ2) is 8.93. The van der Waals surface area contributed by atoms with Crippen LogP contribution in [-0.2, 0) is 14.6 Å². The monoisotopic (exact) mass is 390 g/mol. The third-order valence-corrected chi connectivity index (χ3v) is 5.55. The van der Waals surface area contributed by atoms with E-state index in [1.54, 1.807) is 13.0 Å². The Morgan fingerprint density at radius 3 is 2.85 bits per heavy atom. The molecule has 1 aromatic carbocycles. The van der Waals surface area contributed by atoms with Crippen LogP contribution in [0.25, 0.3) is 0 Å². The number of amides is 1. The molecule has 1 saturated heterocycles. The third kappa shape index (κ3) is 5.94. The number of carbonyl (C=O) groups excluding carboxylic acids is 1. The summed E-state index contributed by atoms with van der Waals surface area (Å²) in [6, 6.07) is 4.55. The lowest BCUT2D eigenvalue weighted by molar-refractivity contribution is -0.121. The molecule has 26 heavy (non-hydrogen) atoms. The van der Waals surface area contributed by atoms with Gasteiger partial charge in [0.05, 0.1) is 24.3 Å². The normalized spacial score (nSPS) is 19.0. The molecule has 1 aromatic rings. The maximum Gasteiger partial charge on any atom is 0.387 e. The Hall–Kier alpha value is -2.23. The van der Waals surface area contributed by atoms with Gasteiger partial charge in [-0.15, -0.1) is 0 Å².